The summed E-state index contributed by atoms with van der Waals surface area (Å²) in [6.07, 6.45) is 1.41. The maximum Gasteiger partial charge on any atom is 0.336 e. The van der Waals surface area contributed by atoms with Crippen LogP contribution >= 0.6 is 23.4 Å². The summed E-state index contributed by atoms with van der Waals surface area (Å²) in [6.45, 7) is 0.272. The number of hydrogen-bond donors (Lipinski definition) is 1. The van der Waals surface area contributed by atoms with Crippen molar-refractivity contribution < 1.29 is 28.2 Å². The number of benzene rings is 3. The Kier molecular flexibility index (Phi) is 7.43. The molecule has 0 saturated carbocycles. The average molecular weight is 512 g/mol. The number of nitrogens with zero attached hydrogens (tertiary/aromatic N) is 1. The summed E-state index contributed by atoms with van der Waals surface area (Å²) in [5.41, 5.74) is 0.960. The van der Waals surface area contributed by atoms with Crippen molar-refractivity contribution in [2.45, 2.75) is 16.4 Å². The number of aromatic nitrogens is 1. The van der Waals surface area contributed by atoms with Gasteiger partial charge in [-0.05, 0) is 66.2 Å². The van der Waals surface area contributed by atoms with Gasteiger partial charge in [-0.2, -0.15) is 0 Å². The van der Waals surface area contributed by atoms with Gasteiger partial charge in [0.1, 0.15) is 18.1 Å². The van der Waals surface area contributed by atoms with Crippen molar-refractivity contribution in [3.05, 3.63) is 118 Å². The molecule has 0 spiro atoms. The van der Waals surface area contributed by atoms with Crippen LogP contribution in [-0.4, -0.2) is 21.8 Å². The first-order valence-corrected chi connectivity index (χ1v) is 11.4. The van der Waals surface area contributed by atoms with Crippen LogP contribution in [0.25, 0.3) is 0 Å². The lowest BCUT2D eigenvalue weighted by Gasteiger charge is -2.09. The zero-order valence-corrected chi connectivity index (χ0v) is 19.4. The molecule has 1 heterocycles. The van der Waals surface area contributed by atoms with Crippen LogP contribution in [0.4, 0.5) is 8.78 Å². The Morgan fingerprint density at radius 1 is 0.971 bits per heavy atom. The summed E-state index contributed by atoms with van der Waals surface area (Å²) in [6, 6.07) is 17.7. The molecule has 0 amide bonds. The van der Waals surface area contributed by atoms with Crippen molar-refractivity contribution in [1.29, 1.82) is 0 Å². The molecule has 9 heteroatoms. The molecule has 0 unspecified atom stereocenters. The van der Waals surface area contributed by atoms with E-state index in [2.05, 4.69) is 4.98 Å². The van der Waals surface area contributed by atoms with E-state index in [0.29, 0.717) is 15.7 Å². The fraction of sp³-hybridized carbons (Fsp3) is 0.0385. The molecule has 0 saturated heterocycles. The first-order chi connectivity index (χ1) is 16.8. The summed E-state index contributed by atoms with van der Waals surface area (Å²) in [5.74, 6) is -3.32. The summed E-state index contributed by atoms with van der Waals surface area (Å²) in [7, 11) is 0. The molecule has 5 nitrogen and oxygen atoms in total. The first-order valence-electron chi connectivity index (χ1n) is 10.2. The summed E-state index contributed by atoms with van der Waals surface area (Å²) in [4.78, 5) is 29.4. The van der Waals surface area contributed by atoms with E-state index in [0.717, 1.165) is 29.5 Å². The largest absolute Gasteiger partial charge is 0.487 e. The van der Waals surface area contributed by atoms with E-state index >= 15 is 0 Å². The highest BCUT2D eigenvalue weighted by molar-refractivity contribution is 7.99. The SMILES string of the molecule is O=C(c1ccc(Sc2ccc(F)c(F)c2)c(C(=O)O)c1)c1ccc(OCc2cccc(Cl)c2)cn1. The van der Waals surface area contributed by atoms with E-state index in [1.807, 2.05) is 12.1 Å². The topological polar surface area (TPSA) is 76.5 Å². The number of carbonyl (C=O) groups excluding carboxylic acids is 1. The summed E-state index contributed by atoms with van der Waals surface area (Å²) < 4.78 is 32.3. The van der Waals surface area contributed by atoms with Crippen LogP contribution in [0.3, 0.4) is 0 Å². The fourth-order valence-corrected chi connectivity index (χ4v) is 4.29. The molecule has 0 radical (unpaired) electrons. The van der Waals surface area contributed by atoms with E-state index < -0.39 is 23.4 Å². The fourth-order valence-electron chi connectivity index (χ4n) is 3.14. The molecule has 0 fully saturated rings. The van der Waals surface area contributed by atoms with E-state index in [9.17, 15) is 23.5 Å². The van der Waals surface area contributed by atoms with Crippen molar-refractivity contribution in [2.75, 3.05) is 0 Å². The third kappa shape index (κ3) is 6.03. The van der Waals surface area contributed by atoms with Gasteiger partial charge in [0.05, 0.1) is 11.8 Å². The van der Waals surface area contributed by atoms with Crippen LogP contribution in [0.5, 0.6) is 5.75 Å². The highest BCUT2D eigenvalue weighted by Crippen LogP contribution is 2.32. The van der Waals surface area contributed by atoms with Gasteiger partial charge in [0.15, 0.2) is 11.6 Å². The van der Waals surface area contributed by atoms with Crippen molar-refractivity contribution in [2.24, 2.45) is 0 Å². The zero-order valence-electron chi connectivity index (χ0n) is 17.9. The van der Waals surface area contributed by atoms with Crippen LogP contribution in [-0.2, 0) is 6.61 Å². The molecule has 0 aliphatic heterocycles. The van der Waals surface area contributed by atoms with Gasteiger partial charge >= 0.3 is 5.97 Å². The third-order valence-corrected chi connectivity index (χ3v) is 6.16. The Morgan fingerprint density at radius 3 is 2.49 bits per heavy atom. The predicted molar refractivity (Wildman–Crippen MR) is 127 cm³/mol. The Balaban J connectivity index is 1.49. The van der Waals surface area contributed by atoms with Gasteiger partial charge in [0.25, 0.3) is 0 Å². The van der Waals surface area contributed by atoms with Gasteiger partial charge in [-0.3, -0.25) is 4.79 Å². The lowest BCUT2D eigenvalue weighted by molar-refractivity contribution is 0.0693. The maximum absolute atomic E-state index is 13.5. The maximum atomic E-state index is 13.5. The molecule has 0 aliphatic carbocycles. The molecule has 0 aliphatic rings. The number of rotatable bonds is 8. The van der Waals surface area contributed by atoms with Crippen molar-refractivity contribution in [1.82, 2.24) is 4.98 Å². The van der Waals surface area contributed by atoms with Crippen molar-refractivity contribution in [3.63, 3.8) is 0 Å². The predicted octanol–water partition coefficient (Wildman–Crippen LogP) is 6.67. The highest BCUT2D eigenvalue weighted by atomic mass is 35.5. The van der Waals surface area contributed by atoms with Crippen LogP contribution < -0.4 is 4.74 Å². The van der Waals surface area contributed by atoms with Crippen LogP contribution in [0.15, 0.2) is 88.8 Å². The molecule has 176 valence electrons. The number of carbonyl (C=O) groups is 2. The second-order valence-corrected chi connectivity index (χ2v) is 8.87. The third-order valence-electron chi connectivity index (χ3n) is 4.85. The number of aromatic carboxylic acids is 1. The molecule has 4 rings (SSSR count). The van der Waals surface area contributed by atoms with Crippen LogP contribution in [0.2, 0.25) is 5.02 Å². The molecular weight excluding hydrogens is 496 g/mol. The zero-order chi connectivity index (χ0) is 24.9. The quantitative estimate of drug-likeness (QED) is 0.266. The number of pyridine rings is 1. The molecule has 1 aromatic heterocycles. The van der Waals surface area contributed by atoms with Crippen LogP contribution in [0.1, 0.15) is 32.0 Å². The molecule has 0 atom stereocenters. The van der Waals surface area contributed by atoms with Gasteiger partial charge in [-0.25, -0.2) is 18.6 Å². The summed E-state index contributed by atoms with van der Waals surface area (Å²) in [5, 5.41) is 10.2. The Bertz CT molecular complexity index is 1410. The standard InChI is InChI=1S/C26H16ClF2NO4S/c27-17-3-1-2-15(10-17)14-34-18-5-8-23(30-13-18)25(31)16-4-9-24(20(11-16)26(32)33)35-19-6-7-21(28)22(29)12-19/h1-13H,14H2,(H,32,33). The van der Waals surface area contributed by atoms with Gasteiger partial charge < -0.3 is 9.84 Å². The number of carboxylic acid groups (broad SMARTS) is 1. The van der Waals surface area contributed by atoms with Gasteiger partial charge in [-0.1, -0.05) is 35.5 Å². The second-order valence-electron chi connectivity index (χ2n) is 7.32. The highest BCUT2D eigenvalue weighted by Gasteiger charge is 2.18. The van der Waals surface area contributed by atoms with E-state index in [1.54, 1.807) is 18.2 Å². The first kappa shape index (κ1) is 24.4. The minimum atomic E-state index is -1.26. The van der Waals surface area contributed by atoms with Crippen molar-refractivity contribution >= 4 is 35.1 Å². The lowest BCUT2D eigenvalue weighted by Crippen LogP contribution is -2.07. The Morgan fingerprint density at radius 2 is 1.80 bits per heavy atom. The molecule has 3 aromatic carbocycles. The number of ketones is 1. The smallest absolute Gasteiger partial charge is 0.336 e. The molecule has 1 N–H and O–H groups in total. The molecular formula is C26H16ClF2NO4S. The van der Waals surface area contributed by atoms with E-state index in [-0.39, 0.29) is 28.3 Å². The van der Waals surface area contributed by atoms with Gasteiger partial charge in [-0.15, -0.1) is 0 Å². The minimum Gasteiger partial charge on any atom is -0.487 e. The van der Waals surface area contributed by atoms with Crippen LogP contribution in [0, 0.1) is 11.6 Å². The lowest BCUT2D eigenvalue weighted by atomic mass is 10.0. The normalized spacial score (nSPS) is 10.7. The summed E-state index contributed by atoms with van der Waals surface area (Å²) >= 11 is 6.91. The Hall–Kier alpha value is -3.75. The van der Waals surface area contributed by atoms with Gasteiger partial charge in [0, 0.05) is 20.4 Å². The average Bonchev–Trinajstić information content (AvgIpc) is 2.85. The minimum absolute atomic E-state index is 0.109. The molecule has 35 heavy (non-hydrogen) atoms. The second kappa shape index (κ2) is 10.7. The number of ether oxygens (including phenoxy) is 1. The van der Waals surface area contributed by atoms with E-state index in [1.165, 1.54) is 36.5 Å². The van der Waals surface area contributed by atoms with Crippen molar-refractivity contribution in [3.8, 4) is 5.75 Å². The molecule has 4 aromatic rings. The monoisotopic (exact) mass is 511 g/mol. The van der Waals surface area contributed by atoms with Gasteiger partial charge in [0.2, 0.25) is 5.78 Å². The number of halogens is 3. The number of carboxylic acids is 1. The molecule has 0 bridgehead atoms. The van der Waals surface area contributed by atoms with E-state index in [4.69, 9.17) is 16.3 Å². The Labute approximate surface area is 208 Å². The number of hydrogen-bond acceptors (Lipinski definition) is 5.